The van der Waals surface area contributed by atoms with Gasteiger partial charge in [0.05, 0.1) is 22.2 Å². The molecule has 136 valence electrons. The standard InChI is InChI=1S/C17H15NO7S/c1-24-17(21)15(20)16(11-6-8-12(9-7-11)25-10-19)26-14-5-3-2-4-13(14)18(22)23/h2-10,15-16,20H,1H3. The summed E-state index contributed by atoms with van der Waals surface area (Å²) in [7, 11) is 1.14. The maximum absolute atomic E-state index is 11.8. The fraction of sp³-hybridized carbons (Fsp3) is 0.176. The lowest BCUT2D eigenvalue weighted by Crippen LogP contribution is -2.27. The van der Waals surface area contributed by atoms with Gasteiger partial charge in [-0.2, -0.15) is 0 Å². The number of nitrogens with zero attached hydrogens (tertiary/aromatic N) is 1. The number of para-hydroxylation sites is 1. The van der Waals surface area contributed by atoms with Crippen molar-refractivity contribution in [1.82, 2.24) is 0 Å². The van der Waals surface area contributed by atoms with E-state index in [1.165, 1.54) is 30.3 Å². The number of rotatable bonds is 8. The zero-order valence-corrected chi connectivity index (χ0v) is 14.4. The van der Waals surface area contributed by atoms with Crippen molar-refractivity contribution in [3.63, 3.8) is 0 Å². The first-order valence-electron chi connectivity index (χ1n) is 7.34. The maximum Gasteiger partial charge on any atom is 0.336 e. The van der Waals surface area contributed by atoms with Gasteiger partial charge in [0.15, 0.2) is 6.10 Å². The molecule has 0 spiro atoms. The number of carbonyl (C=O) groups excluding carboxylic acids is 2. The minimum absolute atomic E-state index is 0.138. The molecule has 1 N–H and O–H groups in total. The number of carbonyl (C=O) groups is 2. The molecule has 2 aromatic rings. The zero-order valence-electron chi connectivity index (χ0n) is 13.6. The largest absolute Gasteiger partial charge is 0.467 e. The molecule has 0 aliphatic heterocycles. The Bertz CT molecular complexity index is 794. The molecular formula is C17H15NO7S. The van der Waals surface area contributed by atoms with E-state index in [0.717, 1.165) is 18.9 Å². The van der Waals surface area contributed by atoms with Crippen molar-refractivity contribution in [3.8, 4) is 5.75 Å². The number of thioether (sulfide) groups is 1. The number of esters is 1. The van der Waals surface area contributed by atoms with Crippen LogP contribution >= 0.6 is 11.8 Å². The molecule has 0 saturated heterocycles. The first-order valence-corrected chi connectivity index (χ1v) is 8.22. The van der Waals surface area contributed by atoms with Crippen molar-refractivity contribution >= 4 is 29.9 Å². The van der Waals surface area contributed by atoms with Crippen molar-refractivity contribution in [3.05, 3.63) is 64.2 Å². The van der Waals surface area contributed by atoms with Gasteiger partial charge in [0, 0.05) is 6.07 Å². The van der Waals surface area contributed by atoms with Gasteiger partial charge >= 0.3 is 5.97 Å². The van der Waals surface area contributed by atoms with Crippen LogP contribution in [0.25, 0.3) is 0 Å². The van der Waals surface area contributed by atoms with E-state index in [1.807, 2.05) is 0 Å². The molecule has 2 aromatic carbocycles. The number of aliphatic hydroxyl groups is 1. The van der Waals surface area contributed by atoms with E-state index in [4.69, 9.17) is 4.74 Å². The lowest BCUT2D eigenvalue weighted by atomic mass is 10.1. The van der Waals surface area contributed by atoms with Gasteiger partial charge in [-0.25, -0.2) is 4.79 Å². The van der Waals surface area contributed by atoms with Crippen LogP contribution in [0.3, 0.4) is 0 Å². The van der Waals surface area contributed by atoms with Gasteiger partial charge in [0.25, 0.3) is 12.2 Å². The molecule has 0 bridgehead atoms. The van der Waals surface area contributed by atoms with Gasteiger partial charge < -0.3 is 14.6 Å². The molecule has 0 amide bonds. The fourth-order valence-corrected chi connectivity index (χ4v) is 3.42. The molecule has 0 saturated carbocycles. The van der Waals surface area contributed by atoms with Gasteiger partial charge in [-0.15, -0.1) is 11.8 Å². The number of nitro benzene ring substituents is 1. The number of nitro groups is 1. The van der Waals surface area contributed by atoms with Crippen LogP contribution in [-0.2, 0) is 14.3 Å². The summed E-state index contributed by atoms with van der Waals surface area (Å²) in [5.74, 6) is -0.583. The summed E-state index contributed by atoms with van der Waals surface area (Å²) in [6, 6.07) is 12.1. The van der Waals surface area contributed by atoms with Gasteiger partial charge in [-0.05, 0) is 23.8 Å². The normalized spacial score (nSPS) is 12.7. The van der Waals surface area contributed by atoms with Crippen LogP contribution in [0.4, 0.5) is 5.69 Å². The van der Waals surface area contributed by atoms with E-state index in [-0.39, 0.29) is 17.9 Å². The molecule has 2 unspecified atom stereocenters. The number of methoxy groups -OCH3 is 1. The minimum atomic E-state index is -1.55. The molecule has 0 aliphatic rings. The van der Waals surface area contributed by atoms with Crippen LogP contribution in [-0.4, -0.2) is 35.7 Å². The Morgan fingerprint density at radius 3 is 2.46 bits per heavy atom. The monoisotopic (exact) mass is 377 g/mol. The topological polar surface area (TPSA) is 116 Å². The maximum atomic E-state index is 11.8. The predicted octanol–water partition coefficient (Wildman–Crippen LogP) is 2.50. The molecule has 26 heavy (non-hydrogen) atoms. The SMILES string of the molecule is COC(=O)C(O)C(Sc1ccccc1[N+](=O)[O-])c1ccc(OC=O)cc1. The van der Waals surface area contributed by atoms with Crippen molar-refractivity contribution in [2.45, 2.75) is 16.2 Å². The Morgan fingerprint density at radius 2 is 1.88 bits per heavy atom. The minimum Gasteiger partial charge on any atom is -0.467 e. The van der Waals surface area contributed by atoms with Crippen LogP contribution < -0.4 is 4.74 Å². The third-order valence-corrected chi connectivity index (χ3v) is 4.82. The third-order valence-electron chi connectivity index (χ3n) is 3.44. The summed E-state index contributed by atoms with van der Waals surface area (Å²) >= 11 is 0.965. The zero-order chi connectivity index (χ0) is 19.1. The van der Waals surface area contributed by atoms with Gasteiger partial charge in [-0.3, -0.25) is 14.9 Å². The molecule has 0 radical (unpaired) electrons. The summed E-state index contributed by atoms with van der Waals surface area (Å²) in [6.07, 6.45) is -1.55. The van der Waals surface area contributed by atoms with Crippen LogP contribution in [0.15, 0.2) is 53.4 Å². The molecule has 0 aliphatic carbocycles. The highest BCUT2D eigenvalue weighted by Crippen LogP contribution is 2.42. The number of hydrogen-bond acceptors (Lipinski definition) is 8. The Balaban J connectivity index is 2.40. The number of aliphatic hydroxyl groups excluding tert-OH is 1. The van der Waals surface area contributed by atoms with E-state index in [1.54, 1.807) is 18.2 Å². The van der Waals surface area contributed by atoms with Crippen LogP contribution in [0.1, 0.15) is 10.8 Å². The van der Waals surface area contributed by atoms with Crippen molar-refractivity contribution in [1.29, 1.82) is 0 Å². The van der Waals surface area contributed by atoms with Gasteiger partial charge in [-0.1, -0.05) is 24.3 Å². The molecular weight excluding hydrogens is 362 g/mol. The molecule has 2 rings (SSSR count). The lowest BCUT2D eigenvalue weighted by Gasteiger charge is -2.21. The number of ether oxygens (including phenoxy) is 2. The fourth-order valence-electron chi connectivity index (χ4n) is 2.20. The second-order valence-electron chi connectivity index (χ2n) is 5.01. The Morgan fingerprint density at radius 1 is 1.23 bits per heavy atom. The van der Waals surface area contributed by atoms with Crippen LogP contribution in [0.2, 0.25) is 0 Å². The highest BCUT2D eigenvalue weighted by atomic mass is 32.2. The van der Waals surface area contributed by atoms with E-state index in [9.17, 15) is 24.8 Å². The molecule has 0 aromatic heterocycles. The highest BCUT2D eigenvalue weighted by Gasteiger charge is 2.31. The third kappa shape index (κ3) is 4.58. The molecule has 2 atom stereocenters. The van der Waals surface area contributed by atoms with Crippen LogP contribution in [0.5, 0.6) is 5.75 Å². The second-order valence-corrected chi connectivity index (χ2v) is 6.20. The van der Waals surface area contributed by atoms with E-state index in [2.05, 4.69) is 4.74 Å². The Hall–Kier alpha value is -2.91. The van der Waals surface area contributed by atoms with Gasteiger partial charge in [0.2, 0.25) is 0 Å². The summed E-state index contributed by atoms with van der Waals surface area (Å²) in [5.41, 5.74) is 0.366. The summed E-state index contributed by atoms with van der Waals surface area (Å²) < 4.78 is 9.29. The molecule has 8 nitrogen and oxygen atoms in total. The number of benzene rings is 2. The van der Waals surface area contributed by atoms with E-state index in [0.29, 0.717) is 10.5 Å². The second kappa shape index (κ2) is 8.97. The molecule has 0 heterocycles. The smallest absolute Gasteiger partial charge is 0.336 e. The van der Waals surface area contributed by atoms with Crippen LogP contribution in [0, 0.1) is 10.1 Å². The van der Waals surface area contributed by atoms with Crippen molar-refractivity contribution in [2.75, 3.05) is 7.11 Å². The van der Waals surface area contributed by atoms with E-state index >= 15 is 0 Å². The average molecular weight is 377 g/mol. The first-order chi connectivity index (χ1) is 12.5. The molecule has 0 fully saturated rings. The van der Waals surface area contributed by atoms with E-state index < -0.39 is 22.2 Å². The number of hydrogen-bond donors (Lipinski definition) is 1. The highest BCUT2D eigenvalue weighted by molar-refractivity contribution is 7.99. The van der Waals surface area contributed by atoms with Crippen molar-refractivity contribution in [2.24, 2.45) is 0 Å². The summed E-state index contributed by atoms with van der Waals surface area (Å²) in [5, 5.41) is 20.7. The quantitative estimate of drug-likeness (QED) is 0.245. The predicted molar refractivity (Wildman–Crippen MR) is 92.9 cm³/mol. The van der Waals surface area contributed by atoms with Gasteiger partial charge in [0.1, 0.15) is 5.75 Å². The molecule has 9 heteroatoms. The lowest BCUT2D eigenvalue weighted by molar-refractivity contribution is -0.387. The van der Waals surface area contributed by atoms with Crippen molar-refractivity contribution < 1.29 is 29.1 Å². The first kappa shape index (κ1) is 19.4. The Labute approximate surface area is 152 Å². The average Bonchev–Trinajstić information content (AvgIpc) is 2.66. The Kier molecular flexibility index (Phi) is 6.70. The summed E-state index contributed by atoms with van der Waals surface area (Å²) in [6.45, 7) is 0.276. The summed E-state index contributed by atoms with van der Waals surface area (Å²) in [4.78, 5) is 33.2.